The molecule has 5 nitrogen and oxygen atoms in total. The van der Waals surface area contributed by atoms with Gasteiger partial charge in [-0.3, -0.25) is 9.48 Å². The number of carbonyl (C=O) groups is 1. The van der Waals surface area contributed by atoms with Crippen LogP contribution in [0.25, 0.3) is 0 Å². The minimum absolute atomic E-state index is 0.0608. The number of nitrogens with one attached hydrogen (secondary N) is 1. The maximum Gasteiger partial charge on any atom is 0.269 e. The van der Waals surface area contributed by atoms with E-state index in [1.807, 2.05) is 32.0 Å². The lowest BCUT2D eigenvalue weighted by molar-refractivity contribution is 0.0942. The minimum atomic E-state index is -0.0608. The first kappa shape index (κ1) is 17.1. The van der Waals surface area contributed by atoms with Gasteiger partial charge in [0.05, 0.1) is 12.8 Å². The Kier molecular flexibility index (Phi) is 5.79. The van der Waals surface area contributed by atoms with Gasteiger partial charge in [-0.15, -0.1) is 0 Å². The van der Waals surface area contributed by atoms with Crippen LogP contribution in [0, 0.1) is 6.92 Å². The van der Waals surface area contributed by atoms with Crippen LogP contribution in [0.3, 0.4) is 0 Å². The average molecular weight is 315 g/mol. The number of methoxy groups -OCH3 is 1. The van der Waals surface area contributed by atoms with E-state index >= 15 is 0 Å². The van der Waals surface area contributed by atoms with E-state index in [2.05, 4.69) is 29.5 Å². The standard InChI is InChI=1S/C18H25N3O2/c1-5-21-17(12-14(3)20-21)18(22)19-11-10-13(2)15-6-8-16(23-4)9-7-15/h6-9,12-13H,5,10-11H2,1-4H3,(H,19,22). The Morgan fingerprint density at radius 2 is 2.04 bits per heavy atom. The summed E-state index contributed by atoms with van der Waals surface area (Å²) >= 11 is 0. The number of amides is 1. The van der Waals surface area contributed by atoms with Crippen molar-refractivity contribution < 1.29 is 9.53 Å². The van der Waals surface area contributed by atoms with Crippen molar-refractivity contribution in [1.29, 1.82) is 0 Å². The zero-order chi connectivity index (χ0) is 16.8. The normalized spacial score (nSPS) is 12.0. The van der Waals surface area contributed by atoms with Gasteiger partial charge in [-0.2, -0.15) is 5.10 Å². The Labute approximate surface area is 137 Å². The Balaban J connectivity index is 1.87. The van der Waals surface area contributed by atoms with Crippen molar-refractivity contribution in [2.45, 2.75) is 39.7 Å². The molecule has 1 atom stereocenters. The first-order chi connectivity index (χ1) is 11.0. The van der Waals surface area contributed by atoms with E-state index in [0.29, 0.717) is 24.7 Å². The smallest absolute Gasteiger partial charge is 0.269 e. The van der Waals surface area contributed by atoms with Crippen molar-refractivity contribution in [3.8, 4) is 5.75 Å². The number of benzene rings is 1. The molecule has 2 aromatic rings. The maximum atomic E-state index is 12.3. The van der Waals surface area contributed by atoms with E-state index in [9.17, 15) is 4.79 Å². The topological polar surface area (TPSA) is 56.2 Å². The van der Waals surface area contributed by atoms with E-state index < -0.39 is 0 Å². The van der Waals surface area contributed by atoms with Crippen LogP contribution in [0.5, 0.6) is 5.75 Å². The highest BCUT2D eigenvalue weighted by atomic mass is 16.5. The molecule has 0 aliphatic rings. The van der Waals surface area contributed by atoms with Crippen molar-refractivity contribution in [2.24, 2.45) is 0 Å². The van der Waals surface area contributed by atoms with E-state index in [1.54, 1.807) is 11.8 Å². The second kappa shape index (κ2) is 7.81. The molecule has 0 saturated carbocycles. The molecule has 0 aliphatic heterocycles. The zero-order valence-electron chi connectivity index (χ0n) is 14.3. The van der Waals surface area contributed by atoms with Gasteiger partial charge in [0, 0.05) is 13.1 Å². The van der Waals surface area contributed by atoms with Crippen LogP contribution >= 0.6 is 0 Å². The molecule has 1 heterocycles. The van der Waals surface area contributed by atoms with Gasteiger partial charge in [0.1, 0.15) is 11.4 Å². The number of aromatic nitrogens is 2. The van der Waals surface area contributed by atoms with Crippen molar-refractivity contribution in [3.63, 3.8) is 0 Å². The third kappa shape index (κ3) is 4.34. The molecule has 0 saturated heterocycles. The summed E-state index contributed by atoms with van der Waals surface area (Å²) < 4.78 is 6.90. The van der Waals surface area contributed by atoms with E-state index in [1.165, 1.54) is 5.56 Å². The SMILES string of the molecule is CCn1nc(C)cc1C(=O)NCCC(C)c1ccc(OC)cc1. The molecule has 1 aromatic carbocycles. The third-order valence-corrected chi connectivity index (χ3v) is 3.98. The van der Waals surface area contributed by atoms with Crippen LogP contribution in [0.4, 0.5) is 0 Å². The third-order valence-electron chi connectivity index (χ3n) is 3.98. The molecule has 23 heavy (non-hydrogen) atoms. The van der Waals surface area contributed by atoms with Gasteiger partial charge in [-0.05, 0) is 49.9 Å². The number of nitrogens with zero attached hydrogens (tertiary/aromatic N) is 2. The summed E-state index contributed by atoms with van der Waals surface area (Å²) in [6.07, 6.45) is 0.886. The first-order valence-corrected chi connectivity index (χ1v) is 8.01. The number of hydrogen-bond acceptors (Lipinski definition) is 3. The molecule has 0 fully saturated rings. The second-order valence-electron chi connectivity index (χ2n) is 5.71. The molecular formula is C18H25N3O2. The van der Waals surface area contributed by atoms with Gasteiger partial charge in [0.2, 0.25) is 0 Å². The van der Waals surface area contributed by atoms with Crippen molar-refractivity contribution in [2.75, 3.05) is 13.7 Å². The summed E-state index contributed by atoms with van der Waals surface area (Å²) in [4.78, 5) is 12.3. The summed E-state index contributed by atoms with van der Waals surface area (Å²) in [6.45, 7) is 7.37. The molecule has 5 heteroatoms. The monoisotopic (exact) mass is 315 g/mol. The first-order valence-electron chi connectivity index (χ1n) is 8.01. The highest BCUT2D eigenvalue weighted by Crippen LogP contribution is 2.21. The van der Waals surface area contributed by atoms with Gasteiger partial charge in [-0.25, -0.2) is 0 Å². The number of hydrogen-bond donors (Lipinski definition) is 1. The van der Waals surface area contributed by atoms with Crippen molar-refractivity contribution >= 4 is 5.91 Å². The van der Waals surface area contributed by atoms with Crippen LogP contribution in [-0.2, 0) is 6.54 Å². The molecular weight excluding hydrogens is 290 g/mol. The fourth-order valence-electron chi connectivity index (χ4n) is 2.56. The molecule has 124 valence electrons. The molecule has 0 spiro atoms. The van der Waals surface area contributed by atoms with Gasteiger partial charge >= 0.3 is 0 Å². The lowest BCUT2D eigenvalue weighted by Crippen LogP contribution is -2.27. The number of ether oxygens (including phenoxy) is 1. The number of rotatable bonds is 7. The van der Waals surface area contributed by atoms with Crippen LogP contribution in [0.2, 0.25) is 0 Å². The van der Waals surface area contributed by atoms with Gasteiger partial charge < -0.3 is 10.1 Å². The van der Waals surface area contributed by atoms with E-state index in [-0.39, 0.29) is 5.91 Å². The highest BCUT2D eigenvalue weighted by Gasteiger charge is 2.13. The zero-order valence-corrected chi connectivity index (χ0v) is 14.3. The predicted octanol–water partition coefficient (Wildman–Crippen LogP) is 3.14. The highest BCUT2D eigenvalue weighted by molar-refractivity contribution is 5.92. The fourth-order valence-corrected chi connectivity index (χ4v) is 2.56. The second-order valence-corrected chi connectivity index (χ2v) is 5.71. The Bertz CT molecular complexity index is 647. The van der Waals surface area contributed by atoms with Crippen molar-refractivity contribution in [3.05, 3.63) is 47.3 Å². The van der Waals surface area contributed by atoms with Gasteiger partial charge in [0.25, 0.3) is 5.91 Å². The summed E-state index contributed by atoms with van der Waals surface area (Å²) in [7, 11) is 1.66. The Hall–Kier alpha value is -2.30. The lowest BCUT2D eigenvalue weighted by atomic mass is 9.98. The van der Waals surface area contributed by atoms with Gasteiger partial charge in [-0.1, -0.05) is 19.1 Å². The molecule has 0 aliphatic carbocycles. The number of aryl methyl sites for hydroxylation is 2. The summed E-state index contributed by atoms with van der Waals surface area (Å²) in [5, 5.41) is 7.29. The predicted molar refractivity (Wildman–Crippen MR) is 91.0 cm³/mol. The molecule has 2 rings (SSSR count). The molecule has 1 aromatic heterocycles. The minimum Gasteiger partial charge on any atom is -0.497 e. The van der Waals surface area contributed by atoms with Crippen molar-refractivity contribution in [1.82, 2.24) is 15.1 Å². The van der Waals surface area contributed by atoms with Gasteiger partial charge in [0.15, 0.2) is 0 Å². The van der Waals surface area contributed by atoms with E-state index in [0.717, 1.165) is 17.9 Å². The summed E-state index contributed by atoms with van der Waals surface area (Å²) in [5.41, 5.74) is 2.74. The number of carbonyl (C=O) groups excluding carboxylic acids is 1. The van der Waals surface area contributed by atoms with Crippen LogP contribution in [0.1, 0.15) is 47.9 Å². The van der Waals surface area contributed by atoms with Crippen LogP contribution in [0.15, 0.2) is 30.3 Å². The Morgan fingerprint density at radius 3 is 2.65 bits per heavy atom. The Morgan fingerprint density at radius 1 is 1.35 bits per heavy atom. The molecule has 0 radical (unpaired) electrons. The summed E-state index contributed by atoms with van der Waals surface area (Å²) in [6, 6.07) is 9.90. The molecule has 1 unspecified atom stereocenters. The fraction of sp³-hybridized carbons (Fsp3) is 0.444. The van der Waals surface area contributed by atoms with Crippen LogP contribution in [-0.4, -0.2) is 29.3 Å². The average Bonchev–Trinajstić information content (AvgIpc) is 2.95. The van der Waals surface area contributed by atoms with Crippen LogP contribution < -0.4 is 10.1 Å². The molecule has 1 N–H and O–H groups in total. The molecule has 0 bridgehead atoms. The maximum absolute atomic E-state index is 12.3. The quantitative estimate of drug-likeness (QED) is 0.854. The molecule has 1 amide bonds. The lowest BCUT2D eigenvalue weighted by Gasteiger charge is -2.13. The largest absolute Gasteiger partial charge is 0.497 e. The summed E-state index contributed by atoms with van der Waals surface area (Å²) in [5.74, 6) is 1.17. The van der Waals surface area contributed by atoms with E-state index in [4.69, 9.17) is 4.74 Å².